The number of nitrogens with one attached hydrogen (secondary N) is 2. The number of thiophene rings is 1. The lowest BCUT2D eigenvalue weighted by atomic mass is 10.1. The van der Waals surface area contributed by atoms with Crippen LogP contribution >= 0.6 is 11.3 Å². The van der Waals surface area contributed by atoms with Crippen LogP contribution in [0.15, 0.2) is 29.6 Å². The number of benzene rings is 1. The molecule has 0 radical (unpaired) electrons. The van der Waals surface area contributed by atoms with Crippen LogP contribution in [0.4, 0.5) is 13.2 Å². The summed E-state index contributed by atoms with van der Waals surface area (Å²) in [5, 5.41) is 16.8. The van der Waals surface area contributed by atoms with E-state index in [0.717, 1.165) is 18.7 Å². The number of fused-ring (bicyclic) bond motifs is 1. The number of rotatable bonds is 4. The number of aliphatic carboxylic acids is 1. The molecule has 3 N–H and O–H groups in total. The van der Waals surface area contributed by atoms with Gasteiger partial charge in [0.1, 0.15) is 0 Å². The highest BCUT2D eigenvalue weighted by Gasteiger charge is 2.38. The summed E-state index contributed by atoms with van der Waals surface area (Å²) in [6.07, 6.45) is -2.21. The van der Waals surface area contributed by atoms with E-state index in [-0.39, 0.29) is 5.91 Å². The number of hydrogen-bond acceptors (Lipinski definition) is 4. The van der Waals surface area contributed by atoms with E-state index in [1.807, 2.05) is 12.1 Å². The average Bonchev–Trinajstić information content (AvgIpc) is 3.23. The number of carbonyl (C=O) groups is 2. The first-order valence-electron chi connectivity index (χ1n) is 8.02. The van der Waals surface area contributed by atoms with E-state index in [2.05, 4.69) is 28.1 Å². The highest BCUT2D eigenvalue weighted by Crippen LogP contribution is 2.25. The Morgan fingerprint density at radius 3 is 2.62 bits per heavy atom. The molecule has 1 atom stereocenters. The zero-order valence-electron chi connectivity index (χ0n) is 13.8. The maximum atomic E-state index is 12.0. The van der Waals surface area contributed by atoms with Gasteiger partial charge < -0.3 is 15.7 Å². The smallest absolute Gasteiger partial charge is 0.475 e. The maximum Gasteiger partial charge on any atom is 0.490 e. The lowest BCUT2D eigenvalue weighted by Gasteiger charge is -2.11. The van der Waals surface area contributed by atoms with Gasteiger partial charge in [0.05, 0.1) is 6.42 Å². The first-order chi connectivity index (χ1) is 12.3. The van der Waals surface area contributed by atoms with Crippen LogP contribution in [0.2, 0.25) is 0 Å². The topological polar surface area (TPSA) is 78.4 Å². The highest BCUT2D eigenvalue weighted by atomic mass is 32.1. The van der Waals surface area contributed by atoms with E-state index in [4.69, 9.17) is 9.90 Å². The third-order valence-corrected chi connectivity index (χ3v) is 4.87. The van der Waals surface area contributed by atoms with Crippen LogP contribution in [0.3, 0.4) is 0 Å². The summed E-state index contributed by atoms with van der Waals surface area (Å²) < 4.78 is 33.0. The Hall–Kier alpha value is -2.13. The van der Waals surface area contributed by atoms with Crippen molar-refractivity contribution in [2.75, 3.05) is 13.1 Å². The van der Waals surface area contributed by atoms with Crippen molar-refractivity contribution in [3.05, 3.63) is 35.2 Å². The second-order valence-corrected chi connectivity index (χ2v) is 6.75. The van der Waals surface area contributed by atoms with Gasteiger partial charge in [-0.3, -0.25) is 4.79 Å². The summed E-state index contributed by atoms with van der Waals surface area (Å²) in [5.74, 6) is -2.63. The second kappa shape index (κ2) is 9.00. The SMILES string of the molecule is O=C(Cc1csc2ccccc12)NC[C@H]1CCCN1.O=C(O)C(F)(F)F. The van der Waals surface area contributed by atoms with E-state index in [1.54, 1.807) is 11.3 Å². The quantitative estimate of drug-likeness (QED) is 0.753. The lowest BCUT2D eigenvalue weighted by molar-refractivity contribution is -0.192. The second-order valence-electron chi connectivity index (χ2n) is 5.83. The average molecular weight is 388 g/mol. The first kappa shape index (κ1) is 20.2. The monoisotopic (exact) mass is 388 g/mol. The molecule has 3 rings (SSSR count). The molecule has 1 amide bonds. The van der Waals surface area contributed by atoms with E-state index >= 15 is 0 Å². The minimum atomic E-state index is -5.08. The number of amides is 1. The Bertz CT molecular complexity index is 755. The third-order valence-electron chi connectivity index (χ3n) is 3.86. The molecule has 1 aliphatic heterocycles. The molecule has 26 heavy (non-hydrogen) atoms. The number of hydrogen-bond donors (Lipinski definition) is 3. The fourth-order valence-electron chi connectivity index (χ4n) is 2.57. The molecule has 0 spiro atoms. The molecule has 5 nitrogen and oxygen atoms in total. The van der Waals surface area contributed by atoms with Gasteiger partial charge in [0.2, 0.25) is 5.91 Å². The number of carboxylic acids is 1. The Morgan fingerprint density at radius 2 is 2.00 bits per heavy atom. The van der Waals surface area contributed by atoms with E-state index < -0.39 is 12.1 Å². The maximum absolute atomic E-state index is 12.0. The summed E-state index contributed by atoms with van der Waals surface area (Å²) in [7, 11) is 0. The van der Waals surface area contributed by atoms with Gasteiger partial charge in [-0.25, -0.2) is 4.79 Å². The standard InChI is InChI=1S/C15H18N2OS.C2HF3O2/c18-15(17-9-12-4-3-7-16-12)8-11-10-19-14-6-2-1-5-13(11)14;3-2(4,5)1(6)7/h1-2,5-6,10,12,16H,3-4,7-9H2,(H,17,18);(H,6,7)/t12-;/m1./s1. The molecule has 2 aromatic rings. The fraction of sp³-hybridized carbons (Fsp3) is 0.412. The molecule has 0 bridgehead atoms. The van der Waals surface area contributed by atoms with E-state index in [9.17, 15) is 18.0 Å². The first-order valence-corrected chi connectivity index (χ1v) is 8.90. The van der Waals surface area contributed by atoms with Gasteiger partial charge in [0.15, 0.2) is 0 Å². The molecule has 142 valence electrons. The molecule has 1 saturated heterocycles. The van der Waals surface area contributed by atoms with E-state index in [1.165, 1.54) is 22.9 Å². The normalized spacial score (nSPS) is 16.8. The van der Waals surface area contributed by atoms with Crippen LogP contribution in [0, 0.1) is 0 Å². The van der Waals surface area contributed by atoms with Crippen LogP contribution in [-0.2, 0) is 16.0 Å². The Kier molecular flexibility index (Phi) is 6.98. The summed E-state index contributed by atoms with van der Waals surface area (Å²) in [6.45, 7) is 1.83. The van der Waals surface area contributed by atoms with Crippen LogP contribution in [0.1, 0.15) is 18.4 Å². The molecule has 2 heterocycles. The zero-order chi connectivity index (χ0) is 19.2. The van der Waals surface area contributed by atoms with Crippen molar-refractivity contribution in [3.8, 4) is 0 Å². The van der Waals surface area contributed by atoms with Crippen molar-refractivity contribution in [2.24, 2.45) is 0 Å². The molecular weight excluding hydrogens is 369 g/mol. The molecule has 1 aromatic heterocycles. The predicted molar refractivity (Wildman–Crippen MR) is 93.3 cm³/mol. The molecule has 1 aromatic carbocycles. The van der Waals surface area contributed by atoms with Gasteiger partial charge in [-0.1, -0.05) is 18.2 Å². The molecule has 0 aliphatic carbocycles. The van der Waals surface area contributed by atoms with Crippen molar-refractivity contribution >= 4 is 33.3 Å². The summed E-state index contributed by atoms with van der Waals surface area (Å²) in [5.41, 5.74) is 1.14. The van der Waals surface area contributed by atoms with Gasteiger partial charge in [-0.05, 0) is 41.8 Å². The molecule has 9 heteroatoms. The number of alkyl halides is 3. The van der Waals surface area contributed by atoms with Gasteiger partial charge in [-0.2, -0.15) is 13.2 Å². The highest BCUT2D eigenvalue weighted by molar-refractivity contribution is 7.17. The number of carboxylic acid groups (broad SMARTS) is 1. The predicted octanol–water partition coefficient (Wildman–Crippen LogP) is 2.95. The molecule has 0 saturated carbocycles. The Morgan fingerprint density at radius 1 is 1.31 bits per heavy atom. The Balaban J connectivity index is 0.000000298. The summed E-state index contributed by atoms with van der Waals surface area (Å²) in [6, 6.07) is 8.72. The van der Waals surface area contributed by atoms with Gasteiger partial charge >= 0.3 is 12.1 Å². The minimum absolute atomic E-state index is 0.122. The van der Waals surface area contributed by atoms with Gasteiger partial charge in [0.25, 0.3) is 0 Å². The fourth-order valence-corrected chi connectivity index (χ4v) is 3.54. The van der Waals surface area contributed by atoms with Crippen molar-refractivity contribution < 1.29 is 27.9 Å². The largest absolute Gasteiger partial charge is 0.490 e. The molecular formula is C17H19F3N2O3S. The van der Waals surface area contributed by atoms with E-state index in [0.29, 0.717) is 12.5 Å². The lowest BCUT2D eigenvalue weighted by Crippen LogP contribution is -2.37. The van der Waals surface area contributed by atoms with Gasteiger partial charge in [0, 0.05) is 17.3 Å². The number of halogens is 3. The summed E-state index contributed by atoms with van der Waals surface area (Å²) >= 11 is 1.71. The van der Waals surface area contributed by atoms with Crippen LogP contribution in [0.5, 0.6) is 0 Å². The van der Waals surface area contributed by atoms with Crippen molar-refractivity contribution in [2.45, 2.75) is 31.5 Å². The van der Waals surface area contributed by atoms with Crippen LogP contribution < -0.4 is 10.6 Å². The number of carbonyl (C=O) groups excluding carboxylic acids is 1. The molecule has 1 fully saturated rings. The zero-order valence-corrected chi connectivity index (χ0v) is 14.6. The molecule has 1 aliphatic rings. The van der Waals surface area contributed by atoms with Crippen LogP contribution in [0.25, 0.3) is 10.1 Å². The minimum Gasteiger partial charge on any atom is -0.475 e. The molecule has 0 unspecified atom stereocenters. The summed E-state index contributed by atoms with van der Waals surface area (Å²) in [4.78, 5) is 20.9. The van der Waals surface area contributed by atoms with Crippen molar-refractivity contribution in [1.82, 2.24) is 10.6 Å². The van der Waals surface area contributed by atoms with Crippen LogP contribution in [-0.4, -0.2) is 42.3 Å². The van der Waals surface area contributed by atoms with Gasteiger partial charge in [-0.15, -0.1) is 11.3 Å². The van der Waals surface area contributed by atoms with Crippen molar-refractivity contribution in [1.29, 1.82) is 0 Å². The Labute approximate surface area is 152 Å². The van der Waals surface area contributed by atoms with Crippen molar-refractivity contribution in [3.63, 3.8) is 0 Å². The third kappa shape index (κ3) is 5.99.